The minimum atomic E-state index is -1.31. The number of carbonyl (C=O) groups is 3. The van der Waals surface area contributed by atoms with Crippen molar-refractivity contribution in [3.05, 3.63) is 58.0 Å². The number of benzene rings is 2. The smallest absolute Gasteiger partial charge is 0.339 e. The van der Waals surface area contributed by atoms with Crippen molar-refractivity contribution in [1.29, 1.82) is 0 Å². The number of nitrogens with zero attached hydrogens (tertiary/aromatic N) is 1. The van der Waals surface area contributed by atoms with E-state index in [4.69, 9.17) is 22.1 Å². The number of carbonyl (C=O) groups excluding carboxylic acids is 2. The Kier molecular flexibility index (Phi) is 6.15. The molecule has 0 bridgehead atoms. The number of thiocarbonyl (C=S) groups is 1. The molecule has 0 unspecified atom stereocenters. The van der Waals surface area contributed by atoms with Crippen molar-refractivity contribution in [2.45, 2.75) is 12.8 Å². The van der Waals surface area contributed by atoms with Gasteiger partial charge >= 0.3 is 5.97 Å². The summed E-state index contributed by atoms with van der Waals surface area (Å²) in [6, 6.07) is 9.55. The van der Waals surface area contributed by atoms with Crippen molar-refractivity contribution >= 4 is 57.8 Å². The number of aromatic carboxylic acids is 1. The topological polar surface area (TPSA) is 116 Å². The first-order valence-electron chi connectivity index (χ1n) is 9.69. The molecule has 2 amide bonds. The van der Waals surface area contributed by atoms with Crippen LogP contribution in [0.3, 0.4) is 0 Å². The van der Waals surface area contributed by atoms with Crippen LogP contribution in [-0.2, 0) is 16.0 Å². The van der Waals surface area contributed by atoms with E-state index in [2.05, 4.69) is 5.32 Å². The Hall–Kier alpha value is -3.37. The van der Waals surface area contributed by atoms with E-state index >= 15 is 0 Å². The number of phenols is 1. The van der Waals surface area contributed by atoms with Gasteiger partial charge in [-0.1, -0.05) is 36.1 Å². The van der Waals surface area contributed by atoms with Crippen LogP contribution in [0.1, 0.15) is 27.9 Å². The molecule has 8 nitrogen and oxygen atoms in total. The van der Waals surface area contributed by atoms with Crippen LogP contribution in [0.2, 0.25) is 0 Å². The SMILES string of the molecule is O=C(CCN1C(=O)/C(=C/c2ccc3c(c2)OCC3)SC1=S)Nc1ccc(O)c(C(=O)O)c1. The highest BCUT2D eigenvalue weighted by atomic mass is 32.2. The van der Waals surface area contributed by atoms with E-state index < -0.39 is 17.6 Å². The first-order chi connectivity index (χ1) is 15.3. The predicted octanol–water partition coefficient (Wildman–Crippen LogP) is 3.26. The first-order valence-corrected chi connectivity index (χ1v) is 10.9. The fraction of sp³-hybridized carbons (Fsp3) is 0.182. The van der Waals surface area contributed by atoms with E-state index in [-0.39, 0.29) is 30.1 Å². The molecule has 2 aromatic rings. The average molecular weight is 471 g/mol. The number of amides is 2. The molecule has 0 saturated carbocycles. The molecule has 32 heavy (non-hydrogen) atoms. The zero-order valence-electron chi connectivity index (χ0n) is 16.7. The lowest BCUT2D eigenvalue weighted by Crippen LogP contribution is -2.31. The molecule has 10 heteroatoms. The number of fused-ring (bicyclic) bond motifs is 1. The molecule has 1 saturated heterocycles. The van der Waals surface area contributed by atoms with Crippen LogP contribution in [0.5, 0.6) is 11.5 Å². The summed E-state index contributed by atoms with van der Waals surface area (Å²) in [5.74, 6) is -1.56. The highest BCUT2D eigenvalue weighted by molar-refractivity contribution is 8.26. The second kappa shape index (κ2) is 9.01. The quantitative estimate of drug-likeness (QED) is 0.335. The third-order valence-electron chi connectivity index (χ3n) is 4.96. The molecule has 4 rings (SSSR count). The van der Waals surface area contributed by atoms with Crippen LogP contribution in [0.4, 0.5) is 5.69 Å². The Morgan fingerprint density at radius 2 is 2.06 bits per heavy atom. The Morgan fingerprint density at radius 3 is 2.84 bits per heavy atom. The zero-order chi connectivity index (χ0) is 22.8. The Morgan fingerprint density at radius 1 is 1.25 bits per heavy atom. The van der Waals surface area contributed by atoms with E-state index in [1.54, 1.807) is 6.08 Å². The number of aromatic hydroxyl groups is 1. The normalized spacial score (nSPS) is 16.2. The number of thioether (sulfide) groups is 1. The maximum absolute atomic E-state index is 12.8. The summed E-state index contributed by atoms with van der Waals surface area (Å²) in [6.07, 6.45) is 2.60. The van der Waals surface area contributed by atoms with E-state index in [0.29, 0.717) is 15.8 Å². The molecule has 1 fully saturated rings. The molecule has 0 spiro atoms. The molecule has 2 aromatic carbocycles. The van der Waals surface area contributed by atoms with Gasteiger partial charge in [-0.2, -0.15) is 0 Å². The molecule has 0 atom stereocenters. The van der Waals surface area contributed by atoms with Gasteiger partial charge in [0.05, 0.1) is 11.5 Å². The van der Waals surface area contributed by atoms with Crippen LogP contribution in [0, 0.1) is 0 Å². The van der Waals surface area contributed by atoms with Gasteiger partial charge in [-0.05, 0) is 41.5 Å². The zero-order valence-corrected chi connectivity index (χ0v) is 18.3. The van der Waals surface area contributed by atoms with Crippen LogP contribution in [0.25, 0.3) is 6.08 Å². The second-order valence-electron chi connectivity index (χ2n) is 7.13. The standard InChI is InChI=1S/C22H18N2O6S2/c25-16-4-3-14(11-15(16)21(28)29)23-19(26)5-7-24-20(27)18(32-22(24)31)10-12-1-2-13-6-8-30-17(13)9-12/h1-4,9-11,25H,5-8H2,(H,23,26)(H,28,29)/b18-10-. The first kappa shape index (κ1) is 21.8. The molecular weight excluding hydrogens is 452 g/mol. The average Bonchev–Trinajstić information content (AvgIpc) is 3.32. The maximum atomic E-state index is 12.8. The Bertz CT molecular complexity index is 1180. The largest absolute Gasteiger partial charge is 0.507 e. The molecule has 2 heterocycles. The van der Waals surface area contributed by atoms with Gasteiger partial charge in [0.25, 0.3) is 5.91 Å². The van der Waals surface area contributed by atoms with Gasteiger partial charge in [-0.15, -0.1) is 0 Å². The van der Waals surface area contributed by atoms with Crippen molar-refractivity contribution in [3.63, 3.8) is 0 Å². The van der Waals surface area contributed by atoms with Crippen molar-refractivity contribution in [1.82, 2.24) is 4.90 Å². The monoisotopic (exact) mass is 470 g/mol. The van der Waals surface area contributed by atoms with Crippen molar-refractivity contribution in [3.8, 4) is 11.5 Å². The lowest BCUT2D eigenvalue weighted by molar-refractivity contribution is -0.122. The summed E-state index contributed by atoms with van der Waals surface area (Å²) >= 11 is 6.49. The summed E-state index contributed by atoms with van der Waals surface area (Å²) in [7, 11) is 0. The van der Waals surface area contributed by atoms with Gasteiger partial charge in [0.1, 0.15) is 21.4 Å². The lowest BCUT2D eigenvalue weighted by Gasteiger charge is -2.14. The minimum Gasteiger partial charge on any atom is -0.507 e. The molecule has 0 radical (unpaired) electrons. The summed E-state index contributed by atoms with van der Waals surface area (Å²) in [5, 5.41) is 21.2. The van der Waals surface area contributed by atoms with E-state index in [0.717, 1.165) is 29.4 Å². The number of rotatable bonds is 6. The van der Waals surface area contributed by atoms with E-state index in [9.17, 15) is 19.5 Å². The number of hydrogen-bond acceptors (Lipinski definition) is 7. The van der Waals surface area contributed by atoms with E-state index in [1.807, 2.05) is 18.2 Å². The van der Waals surface area contributed by atoms with Crippen LogP contribution in [0.15, 0.2) is 41.3 Å². The number of hydrogen-bond donors (Lipinski definition) is 3. The van der Waals surface area contributed by atoms with Crippen LogP contribution < -0.4 is 10.1 Å². The van der Waals surface area contributed by atoms with Gasteiger partial charge in [-0.25, -0.2) is 4.79 Å². The summed E-state index contributed by atoms with van der Waals surface area (Å²) in [4.78, 5) is 38.0. The van der Waals surface area contributed by atoms with Crippen LogP contribution in [-0.4, -0.2) is 50.4 Å². The Labute approximate surface area is 192 Å². The maximum Gasteiger partial charge on any atom is 0.339 e. The van der Waals surface area contributed by atoms with Crippen molar-refractivity contribution in [2.75, 3.05) is 18.5 Å². The summed E-state index contributed by atoms with van der Waals surface area (Å²) < 4.78 is 5.93. The summed E-state index contributed by atoms with van der Waals surface area (Å²) in [6.45, 7) is 0.746. The number of carboxylic acid groups (broad SMARTS) is 1. The van der Waals surface area contributed by atoms with Crippen molar-refractivity contribution < 1.29 is 29.3 Å². The molecule has 0 aliphatic carbocycles. The van der Waals surface area contributed by atoms with Crippen LogP contribution >= 0.6 is 24.0 Å². The molecule has 2 aliphatic rings. The number of carboxylic acids is 1. The van der Waals surface area contributed by atoms with Gasteiger partial charge < -0.3 is 20.3 Å². The number of anilines is 1. The van der Waals surface area contributed by atoms with Gasteiger partial charge in [0.15, 0.2) is 0 Å². The lowest BCUT2D eigenvalue weighted by atomic mass is 10.1. The predicted molar refractivity (Wildman–Crippen MR) is 124 cm³/mol. The number of ether oxygens (including phenoxy) is 1. The molecular formula is C22H18N2O6S2. The Balaban J connectivity index is 1.38. The molecule has 3 N–H and O–H groups in total. The third kappa shape index (κ3) is 4.61. The third-order valence-corrected chi connectivity index (χ3v) is 6.34. The van der Waals surface area contributed by atoms with E-state index in [1.165, 1.54) is 28.8 Å². The van der Waals surface area contributed by atoms with Crippen molar-refractivity contribution in [2.24, 2.45) is 0 Å². The molecule has 164 valence electrons. The summed E-state index contributed by atoms with van der Waals surface area (Å²) in [5.41, 5.74) is 1.89. The molecule has 2 aliphatic heterocycles. The fourth-order valence-corrected chi connectivity index (χ4v) is 4.65. The fourth-order valence-electron chi connectivity index (χ4n) is 3.34. The van der Waals surface area contributed by atoms with Gasteiger partial charge in [0, 0.05) is 25.1 Å². The highest BCUT2D eigenvalue weighted by Crippen LogP contribution is 2.34. The number of nitrogens with one attached hydrogen (secondary N) is 1. The molecule has 0 aromatic heterocycles. The minimum absolute atomic E-state index is 0.0321. The highest BCUT2D eigenvalue weighted by Gasteiger charge is 2.32. The van der Waals surface area contributed by atoms with Gasteiger partial charge in [0.2, 0.25) is 5.91 Å². The second-order valence-corrected chi connectivity index (χ2v) is 8.81. The van der Waals surface area contributed by atoms with Gasteiger partial charge in [-0.3, -0.25) is 14.5 Å².